The van der Waals surface area contributed by atoms with E-state index in [2.05, 4.69) is 18.3 Å². The molecule has 1 unspecified atom stereocenters. The molecular formula is C14H21N3O. The summed E-state index contributed by atoms with van der Waals surface area (Å²) in [5.74, 6) is 0.739. The average Bonchev–Trinajstić information content (AvgIpc) is 2.43. The highest BCUT2D eigenvalue weighted by Gasteiger charge is 2.10. The zero-order valence-corrected chi connectivity index (χ0v) is 11.1. The lowest BCUT2D eigenvalue weighted by molar-refractivity contribution is 0.415. The number of nitrogens with one attached hydrogen (secondary N) is 1. The lowest BCUT2D eigenvalue weighted by Crippen LogP contribution is -2.29. The number of nitrogens with two attached hydrogens (primary N) is 1. The molecule has 4 nitrogen and oxygen atoms in total. The maximum absolute atomic E-state index is 9.08. The highest BCUT2D eigenvalue weighted by molar-refractivity contribution is 5.60. The van der Waals surface area contributed by atoms with E-state index in [9.17, 15) is 0 Å². The first kappa shape index (κ1) is 14.3. The van der Waals surface area contributed by atoms with Crippen molar-refractivity contribution in [3.63, 3.8) is 0 Å². The summed E-state index contributed by atoms with van der Waals surface area (Å²) in [4.78, 5) is 0. The van der Waals surface area contributed by atoms with Gasteiger partial charge in [0.2, 0.25) is 0 Å². The van der Waals surface area contributed by atoms with Crippen LogP contribution in [0.15, 0.2) is 18.2 Å². The monoisotopic (exact) mass is 247 g/mol. The van der Waals surface area contributed by atoms with Crippen LogP contribution in [0.5, 0.6) is 5.75 Å². The Kier molecular flexibility index (Phi) is 6.03. The molecule has 0 aliphatic rings. The van der Waals surface area contributed by atoms with Gasteiger partial charge in [-0.1, -0.05) is 19.8 Å². The Hall–Kier alpha value is -1.73. The molecule has 0 spiro atoms. The van der Waals surface area contributed by atoms with Gasteiger partial charge in [-0.25, -0.2) is 0 Å². The molecule has 0 fully saturated rings. The Labute approximate surface area is 109 Å². The van der Waals surface area contributed by atoms with Gasteiger partial charge < -0.3 is 15.8 Å². The Morgan fingerprint density at radius 1 is 1.50 bits per heavy atom. The average molecular weight is 247 g/mol. The fourth-order valence-corrected chi connectivity index (χ4v) is 1.79. The zero-order valence-electron chi connectivity index (χ0n) is 11.1. The van der Waals surface area contributed by atoms with Gasteiger partial charge in [0.15, 0.2) is 0 Å². The predicted octanol–water partition coefficient (Wildman–Crippen LogP) is 2.50. The van der Waals surface area contributed by atoms with Crippen LogP contribution < -0.4 is 15.8 Å². The number of anilines is 1. The smallest absolute Gasteiger partial charge is 0.121 e. The van der Waals surface area contributed by atoms with Gasteiger partial charge in [0.1, 0.15) is 11.8 Å². The summed E-state index contributed by atoms with van der Waals surface area (Å²) in [7, 11) is 1.61. The lowest BCUT2D eigenvalue weighted by Gasteiger charge is -2.19. The van der Waals surface area contributed by atoms with E-state index >= 15 is 0 Å². The van der Waals surface area contributed by atoms with Crippen molar-refractivity contribution in [3.05, 3.63) is 23.8 Å². The first-order valence-electron chi connectivity index (χ1n) is 6.29. The van der Waals surface area contributed by atoms with E-state index in [-0.39, 0.29) is 6.04 Å². The Balaban J connectivity index is 2.83. The van der Waals surface area contributed by atoms with E-state index < -0.39 is 0 Å². The summed E-state index contributed by atoms with van der Waals surface area (Å²) >= 11 is 0. The van der Waals surface area contributed by atoms with E-state index in [0.717, 1.165) is 30.7 Å². The maximum atomic E-state index is 9.08. The number of benzene rings is 1. The minimum absolute atomic E-state index is 0.198. The number of unbranched alkanes of at least 4 members (excludes halogenated alkanes) is 1. The molecule has 0 saturated carbocycles. The standard InChI is InChI=1S/C14H21N3O/c1-3-4-5-12(10-16)17-14-8-13(18-2)7-6-11(14)9-15/h6-8,12,17H,3-5,10,16H2,1-2H3. The highest BCUT2D eigenvalue weighted by Crippen LogP contribution is 2.23. The normalized spacial score (nSPS) is 11.7. The van der Waals surface area contributed by atoms with Crippen LogP contribution in [0.3, 0.4) is 0 Å². The topological polar surface area (TPSA) is 71.1 Å². The predicted molar refractivity (Wildman–Crippen MR) is 73.7 cm³/mol. The second kappa shape index (κ2) is 7.57. The molecule has 0 aliphatic heterocycles. The molecule has 3 N–H and O–H groups in total. The fraction of sp³-hybridized carbons (Fsp3) is 0.500. The Morgan fingerprint density at radius 2 is 2.28 bits per heavy atom. The molecule has 18 heavy (non-hydrogen) atoms. The maximum Gasteiger partial charge on any atom is 0.121 e. The fourth-order valence-electron chi connectivity index (χ4n) is 1.79. The molecule has 0 amide bonds. The molecule has 0 aliphatic carbocycles. The largest absolute Gasteiger partial charge is 0.497 e. The van der Waals surface area contributed by atoms with Gasteiger partial charge >= 0.3 is 0 Å². The van der Waals surface area contributed by atoms with E-state index in [1.165, 1.54) is 0 Å². The first-order valence-corrected chi connectivity index (χ1v) is 6.29. The second-order valence-corrected chi connectivity index (χ2v) is 4.24. The first-order chi connectivity index (χ1) is 8.74. The lowest BCUT2D eigenvalue weighted by atomic mass is 10.1. The Bertz CT molecular complexity index is 412. The minimum atomic E-state index is 0.198. The van der Waals surface area contributed by atoms with Crippen LogP contribution in [0.2, 0.25) is 0 Å². The highest BCUT2D eigenvalue weighted by atomic mass is 16.5. The summed E-state index contributed by atoms with van der Waals surface area (Å²) < 4.78 is 5.17. The van der Waals surface area contributed by atoms with E-state index in [4.69, 9.17) is 15.7 Å². The summed E-state index contributed by atoms with van der Waals surface area (Å²) in [6.07, 6.45) is 3.27. The number of nitrogens with zero attached hydrogens (tertiary/aromatic N) is 1. The number of rotatable bonds is 7. The summed E-state index contributed by atoms with van der Waals surface area (Å²) in [5, 5.41) is 12.4. The molecule has 0 aromatic heterocycles. The molecular weight excluding hydrogens is 226 g/mol. The molecule has 1 rings (SSSR count). The number of hydrogen-bond acceptors (Lipinski definition) is 4. The minimum Gasteiger partial charge on any atom is -0.497 e. The molecule has 1 aromatic rings. The van der Waals surface area contributed by atoms with Gasteiger partial charge in [0.05, 0.1) is 18.4 Å². The third-order valence-electron chi connectivity index (χ3n) is 2.90. The van der Waals surface area contributed by atoms with Crippen molar-refractivity contribution in [2.24, 2.45) is 5.73 Å². The van der Waals surface area contributed by atoms with Gasteiger partial charge in [0, 0.05) is 18.7 Å². The van der Waals surface area contributed by atoms with Crippen molar-refractivity contribution in [1.82, 2.24) is 0 Å². The molecule has 1 atom stereocenters. The van der Waals surface area contributed by atoms with Crippen molar-refractivity contribution >= 4 is 5.69 Å². The molecule has 0 bridgehead atoms. The van der Waals surface area contributed by atoms with Crippen molar-refractivity contribution in [2.75, 3.05) is 19.0 Å². The second-order valence-electron chi connectivity index (χ2n) is 4.24. The summed E-state index contributed by atoms with van der Waals surface area (Å²) in [5.41, 5.74) is 7.16. The van der Waals surface area contributed by atoms with Crippen LogP contribution in [-0.4, -0.2) is 19.7 Å². The van der Waals surface area contributed by atoms with Gasteiger partial charge in [0.25, 0.3) is 0 Å². The van der Waals surface area contributed by atoms with Crippen LogP contribution in [0.25, 0.3) is 0 Å². The zero-order chi connectivity index (χ0) is 13.4. The number of nitriles is 1. The van der Waals surface area contributed by atoms with Crippen molar-refractivity contribution in [1.29, 1.82) is 5.26 Å². The van der Waals surface area contributed by atoms with Crippen LogP contribution in [0, 0.1) is 11.3 Å². The van der Waals surface area contributed by atoms with Gasteiger partial charge in [-0.3, -0.25) is 0 Å². The van der Waals surface area contributed by atoms with Crippen LogP contribution in [0.1, 0.15) is 31.7 Å². The molecule has 0 radical (unpaired) electrons. The van der Waals surface area contributed by atoms with Gasteiger partial charge in [-0.15, -0.1) is 0 Å². The Morgan fingerprint density at radius 3 is 2.83 bits per heavy atom. The quantitative estimate of drug-likeness (QED) is 0.776. The van der Waals surface area contributed by atoms with Gasteiger partial charge in [-0.05, 0) is 18.6 Å². The third-order valence-corrected chi connectivity index (χ3v) is 2.90. The molecule has 0 saturated heterocycles. The van der Waals surface area contributed by atoms with Crippen molar-refractivity contribution in [2.45, 2.75) is 32.2 Å². The van der Waals surface area contributed by atoms with Gasteiger partial charge in [-0.2, -0.15) is 5.26 Å². The number of ether oxygens (including phenoxy) is 1. The molecule has 1 aromatic carbocycles. The summed E-state index contributed by atoms with van der Waals surface area (Å²) in [6.45, 7) is 2.71. The van der Waals surface area contributed by atoms with Crippen molar-refractivity contribution in [3.8, 4) is 11.8 Å². The van der Waals surface area contributed by atoms with Crippen LogP contribution in [0.4, 0.5) is 5.69 Å². The number of hydrogen-bond donors (Lipinski definition) is 2. The van der Waals surface area contributed by atoms with Crippen LogP contribution in [-0.2, 0) is 0 Å². The SMILES string of the molecule is CCCCC(CN)Nc1cc(OC)ccc1C#N. The van der Waals surface area contributed by atoms with E-state index in [1.807, 2.05) is 6.07 Å². The number of methoxy groups -OCH3 is 1. The molecule has 4 heteroatoms. The van der Waals surface area contributed by atoms with Crippen molar-refractivity contribution < 1.29 is 4.74 Å². The van der Waals surface area contributed by atoms with Crippen LogP contribution >= 0.6 is 0 Å². The third kappa shape index (κ3) is 3.94. The molecule has 0 heterocycles. The summed E-state index contributed by atoms with van der Waals surface area (Å²) in [6, 6.07) is 7.76. The van der Waals surface area contributed by atoms with E-state index in [1.54, 1.807) is 19.2 Å². The molecule has 98 valence electrons. The van der Waals surface area contributed by atoms with E-state index in [0.29, 0.717) is 12.1 Å².